The number of H-pyrrole nitrogens is 1. The summed E-state index contributed by atoms with van der Waals surface area (Å²) in [7, 11) is -3.68. The molecule has 2 aromatic heterocycles. The van der Waals surface area contributed by atoms with E-state index in [0.29, 0.717) is 5.56 Å². The van der Waals surface area contributed by atoms with Crippen LogP contribution < -0.4 is 4.72 Å². The van der Waals surface area contributed by atoms with Gasteiger partial charge < -0.3 is 0 Å². The Morgan fingerprint density at radius 3 is 2.82 bits per heavy atom. The molecule has 2 aromatic rings. The second kappa shape index (κ2) is 4.34. The van der Waals surface area contributed by atoms with Crippen LogP contribution in [-0.2, 0) is 10.0 Å². The van der Waals surface area contributed by atoms with Gasteiger partial charge in [-0.1, -0.05) is 11.6 Å². The second-order valence-corrected chi connectivity index (χ2v) is 5.37. The van der Waals surface area contributed by atoms with E-state index in [0.717, 1.165) is 0 Å². The monoisotopic (exact) mass is 272 g/mol. The molecule has 0 aliphatic carbocycles. The molecule has 0 bridgehead atoms. The van der Waals surface area contributed by atoms with E-state index >= 15 is 0 Å². The summed E-state index contributed by atoms with van der Waals surface area (Å²) in [6.45, 7) is 1.74. The van der Waals surface area contributed by atoms with Crippen LogP contribution in [0.4, 0.5) is 5.69 Å². The standard InChI is InChI=1S/C9H9ClN4O2S/c1-6-2-3-11-9(10)8(6)14-17(15,16)7-4-12-13-5-7/h2-5,14H,1H3,(H,12,13). The summed E-state index contributed by atoms with van der Waals surface area (Å²) in [5, 5.41) is 6.12. The highest BCUT2D eigenvalue weighted by Gasteiger charge is 2.18. The van der Waals surface area contributed by atoms with Crippen molar-refractivity contribution in [3.63, 3.8) is 0 Å². The van der Waals surface area contributed by atoms with Crippen LogP contribution in [0.5, 0.6) is 0 Å². The topological polar surface area (TPSA) is 87.7 Å². The van der Waals surface area contributed by atoms with E-state index in [2.05, 4.69) is 19.9 Å². The molecule has 0 aliphatic heterocycles. The molecule has 90 valence electrons. The number of sulfonamides is 1. The van der Waals surface area contributed by atoms with Gasteiger partial charge >= 0.3 is 0 Å². The Balaban J connectivity index is 2.40. The molecule has 0 saturated carbocycles. The lowest BCUT2D eigenvalue weighted by atomic mass is 10.3. The van der Waals surface area contributed by atoms with Crippen LogP contribution in [0.3, 0.4) is 0 Å². The average molecular weight is 273 g/mol. The molecule has 0 aliphatic rings. The first kappa shape index (κ1) is 11.9. The van der Waals surface area contributed by atoms with Gasteiger partial charge in [0.05, 0.1) is 11.9 Å². The minimum absolute atomic E-state index is 0.0387. The molecule has 17 heavy (non-hydrogen) atoms. The summed E-state index contributed by atoms with van der Waals surface area (Å²) < 4.78 is 26.2. The number of nitrogens with zero attached hydrogens (tertiary/aromatic N) is 2. The van der Waals surface area contributed by atoms with E-state index in [1.807, 2.05) is 0 Å². The maximum atomic E-state index is 11.9. The van der Waals surface area contributed by atoms with Crippen LogP contribution in [0.1, 0.15) is 5.56 Å². The van der Waals surface area contributed by atoms with Gasteiger partial charge in [0.25, 0.3) is 10.0 Å². The Bertz CT molecular complexity index is 604. The van der Waals surface area contributed by atoms with Crippen molar-refractivity contribution in [2.24, 2.45) is 0 Å². The summed E-state index contributed by atoms with van der Waals surface area (Å²) in [5.74, 6) is 0. The maximum Gasteiger partial charge on any atom is 0.265 e. The fourth-order valence-corrected chi connectivity index (χ4v) is 2.58. The van der Waals surface area contributed by atoms with Gasteiger partial charge in [0.15, 0.2) is 5.15 Å². The van der Waals surface area contributed by atoms with Crippen molar-refractivity contribution >= 4 is 27.3 Å². The van der Waals surface area contributed by atoms with E-state index in [9.17, 15) is 8.42 Å². The first-order chi connectivity index (χ1) is 8.00. The molecule has 8 heteroatoms. The average Bonchev–Trinajstić information content (AvgIpc) is 2.77. The quantitative estimate of drug-likeness (QED) is 0.830. The molecule has 0 radical (unpaired) electrons. The predicted molar refractivity (Wildman–Crippen MR) is 63.4 cm³/mol. The number of aromatic amines is 1. The number of hydrogen-bond donors (Lipinski definition) is 2. The van der Waals surface area contributed by atoms with E-state index in [1.54, 1.807) is 13.0 Å². The number of aromatic nitrogens is 3. The highest BCUT2D eigenvalue weighted by atomic mass is 35.5. The lowest BCUT2D eigenvalue weighted by molar-refractivity contribution is 0.601. The van der Waals surface area contributed by atoms with Crippen molar-refractivity contribution < 1.29 is 8.42 Å². The molecule has 2 heterocycles. The lowest BCUT2D eigenvalue weighted by Gasteiger charge is -2.09. The minimum atomic E-state index is -3.68. The third-order valence-corrected chi connectivity index (χ3v) is 3.74. The number of halogens is 1. The molecule has 2 N–H and O–H groups in total. The highest BCUT2D eigenvalue weighted by molar-refractivity contribution is 7.92. The molecule has 0 aromatic carbocycles. The van der Waals surface area contributed by atoms with E-state index in [4.69, 9.17) is 11.6 Å². The normalized spacial score (nSPS) is 11.4. The number of hydrogen-bond acceptors (Lipinski definition) is 4. The smallest absolute Gasteiger partial charge is 0.265 e. The summed E-state index contributed by atoms with van der Waals surface area (Å²) in [6, 6.07) is 1.67. The Morgan fingerprint density at radius 2 is 2.24 bits per heavy atom. The first-order valence-corrected chi connectivity index (χ1v) is 6.49. The fourth-order valence-electron chi connectivity index (χ4n) is 1.23. The van der Waals surface area contributed by atoms with E-state index in [1.165, 1.54) is 18.6 Å². The van der Waals surface area contributed by atoms with Crippen molar-refractivity contribution in [3.8, 4) is 0 Å². The molecular formula is C9H9ClN4O2S. The lowest BCUT2D eigenvalue weighted by Crippen LogP contribution is -2.13. The number of nitrogens with one attached hydrogen (secondary N) is 2. The summed E-state index contributed by atoms with van der Waals surface area (Å²) in [5.41, 5.74) is 0.965. The van der Waals surface area contributed by atoms with Gasteiger partial charge in [-0.3, -0.25) is 9.82 Å². The van der Waals surface area contributed by atoms with Gasteiger partial charge in [-0.05, 0) is 18.6 Å². The molecule has 6 nitrogen and oxygen atoms in total. The Morgan fingerprint density at radius 1 is 1.47 bits per heavy atom. The van der Waals surface area contributed by atoms with Crippen molar-refractivity contribution in [1.29, 1.82) is 0 Å². The van der Waals surface area contributed by atoms with Crippen LogP contribution in [-0.4, -0.2) is 23.6 Å². The molecule has 0 amide bonds. The Kier molecular flexibility index (Phi) is 3.03. The molecule has 0 fully saturated rings. The van der Waals surface area contributed by atoms with E-state index in [-0.39, 0.29) is 15.7 Å². The van der Waals surface area contributed by atoms with Gasteiger partial charge in [0.1, 0.15) is 4.90 Å². The second-order valence-electron chi connectivity index (χ2n) is 3.33. The first-order valence-electron chi connectivity index (χ1n) is 4.63. The number of anilines is 1. The van der Waals surface area contributed by atoms with E-state index < -0.39 is 10.0 Å². The van der Waals surface area contributed by atoms with Crippen LogP contribution in [0.2, 0.25) is 5.15 Å². The highest BCUT2D eigenvalue weighted by Crippen LogP contribution is 2.25. The van der Waals surface area contributed by atoms with Crippen LogP contribution in [0, 0.1) is 6.92 Å². The number of rotatable bonds is 3. The fraction of sp³-hybridized carbons (Fsp3) is 0.111. The SMILES string of the molecule is Cc1ccnc(Cl)c1NS(=O)(=O)c1cn[nH]c1. The third-order valence-electron chi connectivity index (χ3n) is 2.13. The Labute approximate surface area is 103 Å². The van der Waals surface area contributed by atoms with Crippen molar-refractivity contribution in [1.82, 2.24) is 15.2 Å². The molecule has 0 spiro atoms. The van der Waals surface area contributed by atoms with Crippen molar-refractivity contribution in [2.75, 3.05) is 4.72 Å². The zero-order valence-electron chi connectivity index (χ0n) is 8.81. The number of aryl methyl sites for hydroxylation is 1. The van der Waals surface area contributed by atoms with Crippen LogP contribution >= 0.6 is 11.6 Å². The maximum absolute atomic E-state index is 11.9. The zero-order valence-corrected chi connectivity index (χ0v) is 10.4. The van der Waals surface area contributed by atoms with Gasteiger partial charge in [0, 0.05) is 12.4 Å². The van der Waals surface area contributed by atoms with Gasteiger partial charge in [0.2, 0.25) is 0 Å². The van der Waals surface area contributed by atoms with Crippen LogP contribution in [0.15, 0.2) is 29.6 Å². The van der Waals surface area contributed by atoms with Gasteiger partial charge in [-0.15, -0.1) is 0 Å². The molecule has 2 rings (SSSR count). The van der Waals surface area contributed by atoms with Crippen molar-refractivity contribution in [2.45, 2.75) is 11.8 Å². The largest absolute Gasteiger partial charge is 0.284 e. The van der Waals surface area contributed by atoms with Crippen molar-refractivity contribution in [3.05, 3.63) is 35.4 Å². The van der Waals surface area contributed by atoms with Crippen LogP contribution in [0.25, 0.3) is 0 Å². The number of pyridine rings is 1. The summed E-state index contributed by atoms with van der Waals surface area (Å²) >= 11 is 5.84. The molecular weight excluding hydrogens is 264 g/mol. The molecule has 0 atom stereocenters. The summed E-state index contributed by atoms with van der Waals surface area (Å²) in [4.78, 5) is 3.86. The summed E-state index contributed by atoms with van der Waals surface area (Å²) in [6.07, 6.45) is 4.00. The predicted octanol–water partition coefficient (Wildman–Crippen LogP) is 1.57. The minimum Gasteiger partial charge on any atom is -0.284 e. The molecule has 0 unspecified atom stereocenters. The van der Waals surface area contributed by atoms with Gasteiger partial charge in [-0.2, -0.15) is 5.10 Å². The van der Waals surface area contributed by atoms with Gasteiger partial charge in [-0.25, -0.2) is 13.4 Å². The zero-order chi connectivity index (χ0) is 12.5. The molecule has 0 saturated heterocycles. The third kappa shape index (κ3) is 2.40. The Hall–Kier alpha value is -1.60.